The number of rotatable bonds is 1. The Kier molecular flexibility index (Phi) is 1.94. The SMILES string of the molecule is CN1CCC(CN)C12CCc1occc12. The quantitative estimate of drug-likeness (QED) is 0.753. The largest absolute Gasteiger partial charge is 0.469 e. The van der Waals surface area contributed by atoms with Gasteiger partial charge >= 0.3 is 0 Å². The van der Waals surface area contributed by atoms with E-state index in [2.05, 4.69) is 18.0 Å². The highest BCUT2D eigenvalue weighted by atomic mass is 16.3. The lowest BCUT2D eigenvalue weighted by Crippen LogP contribution is -2.43. The Hall–Kier alpha value is -0.800. The third-order valence-electron chi connectivity index (χ3n) is 4.40. The van der Waals surface area contributed by atoms with Crippen LogP contribution in [0, 0.1) is 5.92 Å². The summed E-state index contributed by atoms with van der Waals surface area (Å²) in [7, 11) is 2.22. The molecular weight excluding hydrogens is 188 g/mol. The van der Waals surface area contributed by atoms with Crippen molar-refractivity contribution in [2.75, 3.05) is 20.1 Å². The van der Waals surface area contributed by atoms with Crippen LogP contribution in [0.25, 0.3) is 0 Å². The molecule has 0 radical (unpaired) electrons. The van der Waals surface area contributed by atoms with Gasteiger partial charge in [0.05, 0.1) is 11.8 Å². The normalized spacial score (nSPS) is 35.2. The van der Waals surface area contributed by atoms with Crippen molar-refractivity contribution in [3.05, 3.63) is 23.7 Å². The summed E-state index contributed by atoms with van der Waals surface area (Å²) in [5.41, 5.74) is 7.51. The number of nitrogens with zero attached hydrogens (tertiary/aromatic N) is 1. The molecule has 3 heteroatoms. The first-order chi connectivity index (χ1) is 7.29. The lowest BCUT2D eigenvalue weighted by atomic mass is 9.80. The van der Waals surface area contributed by atoms with Crippen molar-refractivity contribution < 1.29 is 4.42 Å². The average Bonchev–Trinajstić information content (AvgIpc) is 2.86. The third-order valence-corrected chi connectivity index (χ3v) is 4.40. The summed E-state index contributed by atoms with van der Waals surface area (Å²) >= 11 is 0. The van der Waals surface area contributed by atoms with E-state index < -0.39 is 0 Å². The molecule has 2 unspecified atom stereocenters. The molecule has 1 spiro atoms. The van der Waals surface area contributed by atoms with E-state index in [1.54, 1.807) is 0 Å². The molecule has 0 aromatic carbocycles. The van der Waals surface area contributed by atoms with Crippen molar-refractivity contribution in [2.24, 2.45) is 11.7 Å². The zero-order valence-corrected chi connectivity index (χ0v) is 9.20. The number of nitrogens with two attached hydrogens (primary N) is 1. The second kappa shape index (κ2) is 3.09. The minimum Gasteiger partial charge on any atom is -0.469 e. The average molecular weight is 206 g/mol. The van der Waals surface area contributed by atoms with Gasteiger partial charge in [0.25, 0.3) is 0 Å². The second-order valence-corrected chi connectivity index (χ2v) is 4.82. The Morgan fingerprint density at radius 3 is 3.33 bits per heavy atom. The summed E-state index contributed by atoms with van der Waals surface area (Å²) < 4.78 is 5.54. The van der Waals surface area contributed by atoms with E-state index in [0.717, 1.165) is 19.5 Å². The van der Waals surface area contributed by atoms with E-state index in [1.807, 2.05) is 6.26 Å². The van der Waals surface area contributed by atoms with Gasteiger partial charge in [-0.05, 0) is 45.0 Å². The van der Waals surface area contributed by atoms with Gasteiger partial charge in [-0.25, -0.2) is 0 Å². The molecule has 0 bridgehead atoms. The molecule has 3 nitrogen and oxygen atoms in total. The Labute approximate surface area is 90.2 Å². The molecule has 0 saturated carbocycles. The van der Waals surface area contributed by atoms with Crippen LogP contribution < -0.4 is 5.73 Å². The molecule has 2 aliphatic rings. The molecule has 1 saturated heterocycles. The van der Waals surface area contributed by atoms with Crippen molar-refractivity contribution in [3.8, 4) is 0 Å². The fraction of sp³-hybridized carbons (Fsp3) is 0.667. The summed E-state index contributed by atoms with van der Waals surface area (Å²) in [4.78, 5) is 2.48. The highest BCUT2D eigenvalue weighted by Crippen LogP contribution is 2.51. The van der Waals surface area contributed by atoms with Crippen LogP contribution in [0.4, 0.5) is 0 Å². The van der Waals surface area contributed by atoms with Crippen LogP contribution in [0.5, 0.6) is 0 Å². The second-order valence-electron chi connectivity index (χ2n) is 4.82. The predicted molar refractivity (Wildman–Crippen MR) is 58.5 cm³/mol. The van der Waals surface area contributed by atoms with Gasteiger partial charge in [0.1, 0.15) is 5.76 Å². The molecule has 2 heterocycles. The zero-order chi connectivity index (χ0) is 10.5. The maximum atomic E-state index is 5.92. The maximum absolute atomic E-state index is 5.92. The van der Waals surface area contributed by atoms with E-state index in [0.29, 0.717) is 5.92 Å². The summed E-state index contributed by atoms with van der Waals surface area (Å²) in [5, 5.41) is 0. The van der Waals surface area contributed by atoms with Gasteiger partial charge in [-0.15, -0.1) is 0 Å². The zero-order valence-electron chi connectivity index (χ0n) is 9.20. The topological polar surface area (TPSA) is 42.4 Å². The number of furan rings is 1. The summed E-state index contributed by atoms with van der Waals surface area (Å²) in [6.07, 6.45) is 5.30. The van der Waals surface area contributed by atoms with Gasteiger partial charge in [-0.1, -0.05) is 0 Å². The first kappa shape index (κ1) is 9.43. The number of fused-ring (bicyclic) bond motifs is 2. The van der Waals surface area contributed by atoms with Crippen LogP contribution in [0.15, 0.2) is 16.7 Å². The molecule has 15 heavy (non-hydrogen) atoms. The smallest absolute Gasteiger partial charge is 0.108 e. The number of hydrogen-bond donors (Lipinski definition) is 1. The van der Waals surface area contributed by atoms with Gasteiger partial charge in [0.15, 0.2) is 0 Å². The van der Waals surface area contributed by atoms with Crippen LogP contribution in [0.2, 0.25) is 0 Å². The van der Waals surface area contributed by atoms with Gasteiger partial charge in [0, 0.05) is 12.0 Å². The number of hydrogen-bond acceptors (Lipinski definition) is 3. The molecule has 1 aliphatic heterocycles. The monoisotopic (exact) mass is 206 g/mol. The molecule has 1 fully saturated rings. The highest BCUT2D eigenvalue weighted by molar-refractivity contribution is 5.35. The van der Waals surface area contributed by atoms with Gasteiger partial charge in [0.2, 0.25) is 0 Å². The third kappa shape index (κ3) is 1.02. The van der Waals surface area contributed by atoms with E-state index in [1.165, 1.54) is 24.2 Å². The molecular formula is C12H18N2O. The minimum absolute atomic E-state index is 0.192. The van der Waals surface area contributed by atoms with Crippen LogP contribution >= 0.6 is 0 Å². The molecule has 1 aliphatic carbocycles. The maximum Gasteiger partial charge on any atom is 0.108 e. The number of aryl methyl sites for hydroxylation is 1. The first-order valence-corrected chi connectivity index (χ1v) is 5.77. The van der Waals surface area contributed by atoms with Crippen molar-refractivity contribution in [1.29, 1.82) is 0 Å². The van der Waals surface area contributed by atoms with Crippen molar-refractivity contribution >= 4 is 0 Å². The molecule has 1 aromatic heterocycles. The van der Waals surface area contributed by atoms with E-state index in [9.17, 15) is 0 Å². The molecule has 2 N–H and O–H groups in total. The summed E-state index contributed by atoms with van der Waals surface area (Å²) in [5.74, 6) is 1.78. The van der Waals surface area contributed by atoms with Crippen molar-refractivity contribution in [3.63, 3.8) is 0 Å². The minimum atomic E-state index is 0.192. The molecule has 2 atom stereocenters. The molecule has 1 aromatic rings. The lowest BCUT2D eigenvalue weighted by Gasteiger charge is -2.37. The van der Waals surface area contributed by atoms with Crippen LogP contribution in [0.1, 0.15) is 24.2 Å². The standard InChI is InChI=1S/C12H18N2O/c1-14-6-3-9(8-13)12(14)5-2-11-10(12)4-7-15-11/h4,7,9H,2-3,5-6,8,13H2,1H3. The lowest BCUT2D eigenvalue weighted by molar-refractivity contribution is 0.131. The first-order valence-electron chi connectivity index (χ1n) is 5.77. The van der Waals surface area contributed by atoms with Gasteiger partial charge in [-0.3, -0.25) is 4.90 Å². The predicted octanol–water partition coefficient (Wildman–Crippen LogP) is 1.33. The van der Waals surface area contributed by atoms with Gasteiger partial charge < -0.3 is 10.2 Å². The Bertz CT molecular complexity index is 373. The van der Waals surface area contributed by atoms with Gasteiger partial charge in [-0.2, -0.15) is 0 Å². The van der Waals surface area contributed by atoms with Crippen LogP contribution in [0.3, 0.4) is 0 Å². The van der Waals surface area contributed by atoms with Crippen LogP contribution in [-0.4, -0.2) is 25.0 Å². The fourth-order valence-corrected chi connectivity index (χ4v) is 3.59. The fourth-order valence-electron chi connectivity index (χ4n) is 3.59. The molecule has 3 rings (SSSR count). The summed E-state index contributed by atoms with van der Waals surface area (Å²) in [6, 6.07) is 2.15. The summed E-state index contributed by atoms with van der Waals surface area (Å²) in [6.45, 7) is 1.95. The molecule has 82 valence electrons. The Balaban J connectivity index is 2.10. The van der Waals surface area contributed by atoms with E-state index in [-0.39, 0.29) is 5.54 Å². The Morgan fingerprint density at radius 2 is 2.53 bits per heavy atom. The Morgan fingerprint density at radius 1 is 1.67 bits per heavy atom. The van der Waals surface area contributed by atoms with Crippen LogP contribution in [-0.2, 0) is 12.0 Å². The van der Waals surface area contributed by atoms with Crippen molar-refractivity contribution in [2.45, 2.75) is 24.8 Å². The van der Waals surface area contributed by atoms with E-state index >= 15 is 0 Å². The molecule has 0 amide bonds. The highest BCUT2D eigenvalue weighted by Gasteiger charge is 2.52. The van der Waals surface area contributed by atoms with Crippen molar-refractivity contribution in [1.82, 2.24) is 4.90 Å². The van der Waals surface area contributed by atoms with E-state index in [4.69, 9.17) is 10.2 Å². The number of likely N-dealkylation sites (tertiary alicyclic amines) is 1.